The third-order valence-corrected chi connectivity index (χ3v) is 11.2. The Bertz CT molecular complexity index is 1940. The molecule has 0 aromatic heterocycles. The maximum atomic E-state index is 14.4. The number of hydrogen-bond acceptors (Lipinski definition) is 8. The number of fused-ring (bicyclic) bond motifs is 4. The number of anilines is 2. The van der Waals surface area contributed by atoms with Crippen molar-refractivity contribution in [2.45, 2.75) is 28.5 Å². The number of nitro benzene ring substituents is 1. The number of carbonyl (C=O) groups is 4. The topological polar surface area (TPSA) is 147 Å². The van der Waals surface area contributed by atoms with Crippen LogP contribution < -0.4 is 14.5 Å². The van der Waals surface area contributed by atoms with Crippen LogP contribution in [-0.4, -0.2) is 50.5 Å². The van der Waals surface area contributed by atoms with Crippen LogP contribution in [0.3, 0.4) is 0 Å². The minimum atomic E-state index is -2.15. The fourth-order valence-electron chi connectivity index (χ4n) is 7.62. The van der Waals surface area contributed by atoms with E-state index < -0.39 is 67.8 Å². The highest BCUT2D eigenvalue weighted by atomic mass is 35.5. The number of ether oxygens (including phenoxy) is 1. The summed E-state index contributed by atoms with van der Waals surface area (Å²) in [6.45, 7) is 0. The SMILES string of the molecule is COc1cc(C2C3=CCC4C(=O)N(c5ccc([N+](=O)[O-])cc5)C(=O)C4C3CC3(Cl)C(=O)N(c4ccc(F)cc4)C(=O)C23Cl)ccc1O. The van der Waals surface area contributed by atoms with E-state index in [0.717, 1.165) is 21.9 Å². The van der Waals surface area contributed by atoms with E-state index in [9.17, 15) is 38.8 Å². The van der Waals surface area contributed by atoms with E-state index in [-0.39, 0.29) is 41.4 Å². The molecule has 4 aliphatic rings. The molecule has 0 radical (unpaired) electrons. The van der Waals surface area contributed by atoms with E-state index in [1.54, 1.807) is 6.08 Å². The molecule has 47 heavy (non-hydrogen) atoms. The molecule has 7 rings (SSSR count). The second-order valence-electron chi connectivity index (χ2n) is 12.0. The van der Waals surface area contributed by atoms with Crippen molar-refractivity contribution >= 4 is 63.9 Å². The summed E-state index contributed by atoms with van der Waals surface area (Å²) >= 11 is 14.7. The number of imide groups is 2. The van der Waals surface area contributed by atoms with E-state index in [4.69, 9.17) is 27.9 Å². The minimum absolute atomic E-state index is 0.0455. The normalized spacial score (nSPS) is 29.7. The lowest BCUT2D eigenvalue weighted by molar-refractivity contribution is -0.384. The zero-order chi connectivity index (χ0) is 33.6. The van der Waals surface area contributed by atoms with Gasteiger partial charge in [-0.3, -0.25) is 34.2 Å². The number of nitro groups is 1. The summed E-state index contributed by atoms with van der Waals surface area (Å²) in [5, 5.41) is 21.6. The number of methoxy groups -OCH3 is 1. The average molecular weight is 680 g/mol. The van der Waals surface area contributed by atoms with Gasteiger partial charge in [0.1, 0.15) is 5.82 Å². The fourth-order valence-corrected chi connectivity index (χ4v) is 8.56. The molecule has 1 saturated carbocycles. The summed E-state index contributed by atoms with van der Waals surface area (Å²) in [5.41, 5.74) is 0.855. The van der Waals surface area contributed by atoms with E-state index in [2.05, 4.69) is 0 Å². The Hall–Kier alpha value is -4.81. The number of phenolic OH excluding ortho intramolecular Hbond substituents is 1. The molecule has 2 saturated heterocycles. The zero-order valence-corrected chi connectivity index (χ0v) is 25.9. The molecule has 2 aliphatic heterocycles. The third-order valence-electron chi connectivity index (χ3n) is 9.75. The molecule has 6 unspecified atom stereocenters. The number of nitrogens with zero attached hydrogens (tertiary/aromatic N) is 3. The van der Waals surface area contributed by atoms with Crippen LogP contribution in [0.4, 0.5) is 21.5 Å². The number of phenols is 1. The van der Waals surface area contributed by atoms with Crippen LogP contribution in [-0.2, 0) is 19.2 Å². The highest BCUT2D eigenvalue weighted by Crippen LogP contribution is 2.66. The number of carbonyl (C=O) groups excluding carboxylic acids is 4. The van der Waals surface area contributed by atoms with E-state index in [1.807, 2.05) is 0 Å². The van der Waals surface area contributed by atoms with Gasteiger partial charge in [0.15, 0.2) is 21.2 Å². The fraction of sp³-hybridized carbons (Fsp3) is 0.273. The maximum Gasteiger partial charge on any atom is 0.269 e. The molecule has 11 nitrogen and oxygen atoms in total. The number of alkyl halides is 2. The second-order valence-corrected chi connectivity index (χ2v) is 13.2. The van der Waals surface area contributed by atoms with Gasteiger partial charge < -0.3 is 9.84 Å². The lowest BCUT2D eigenvalue weighted by atomic mass is 9.56. The van der Waals surface area contributed by atoms with Crippen LogP contribution in [0.15, 0.2) is 78.4 Å². The highest BCUT2D eigenvalue weighted by Gasteiger charge is 2.76. The minimum Gasteiger partial charge on any atom is -0.504 e. The second kappa shape index (κ2) is 10.6. The van der Waals surface area contributed by atoms with Gasteiger partial charge in [-0.15, -0.1) is 23.2 Å². The predicted octanol–water partition coefficient (Wildman–Crippen LogP) is 5.22. The van der Waals surface area contributed by atoms with Crippen LogP contribution in [0.25, 0.3) is 0 Å². The molecule has 240 valence electrons. The van der Waals surface area contributed by atoms with Crippen LogP contribution in [0.2, 0.25) is 0 Å². The Morgan fingerprint density at radius 3 is 2.19 bits per heavy atom. The number of benzene rings is 3. The lowest BCUT2D eigenvalue weighted by Gasteiger charge is -2.50. The van der Waals surface area contributed by atoms with Crippen molar-refractivity contribution in [1.82, 2.24) is 0 Å². The first kappa shape index (κ1) is 30.8. The van der Waals surface area contributed by atoms with Gasteiger partial charge in [-0.25, -0.2) is 9.29 Å². The molecule has 3 aromatic rings. The Labute approximate surface area is 276 Å². The standard InChI is InChI=1S/C33H24Cl2FN3O8/c1-47-25-14-16(2-13-24(25)40)27-21-11-12-22-26(29(42)37(28(22)41)18-7-9-20(10-8-18)39(45)46)23(21)15-32(34)30(43)38(31(44)33(27,32)35)19-5-3-17(36)4-6-19/h2-11,13-14,22-23,26-27,40H,12,15H2,1H3. The van der Waals surface area contributed by atoms with Crippen molar-refractivity contribution in [2.24, 2.45) is 17.8 Å². The van der Waals surface area contributed by atoms with Crippen LogP contribution in [0.5, 0.6) is 11.5 Å². The molecule has 1 N–H and O–H groups in total. The molecule has 4 amide bonds. The van der Waals surface area contributed by atoms with E-state index >= 15 is 0 Å². The quantitative estimate of drug-likeness (QED) is 0.127. The van der Waals surface area contributed by atoms with Gasteiger partial charge in [-0.2, -0.15) is 0 Å². The largest absolute Gasteiger partial charge is 0.504 e. The van der Waals surface area contributed by atoms with Gasteiger partial charge in [0.05, 0.1) is 35.2 Å². The molecule has 0 bridgehead atoms. The number of amides is 4. The Morgan fingerprint density at radius 1 is 0.915 bits per heavy atom. The van der Waals surface area contributed by atoms with Gasteiger partial charge in [0.2, 0.25) is 11.8 Å². The Kier molecular flexibility index (Phi) is 6.96. The molecule has 2 heterocycles. The molecular weight excluding hydrogens is 656 g/mol. The highest BCUT2D eigenvalue weighted by molar-refractivity contribution is 6.58. The Morgan fingerprint density at radius 2 is 1.55 bits per heavy atom. The molecule has 0 spiro atoms. The number of halogens is 3. The molecule has 6 atom stereocenters. The van der Waals surface area contributed by atoms with Gasteiger partial charge in [-0.1, -0.05) is 17.7 Å². The third kappa shape index (κ3) is 4.17. The summed E-state index contributed by atoms with van der Waals surface area (Å²) in [5.74, 6) is -7.37. The van der Waals surface area contributed by atoms with Gasteiger partial charge in [0.25, 0.3) is 17.5 Å². The smallest absolute Gasteiger partial charge is 0.269 e. The zero-order valence-electron chi connectivity index (χ0n) is 24.4. The van der Waals surface area contributed by atoms with Gasteiger partial charge in [-0.05, 0) is 72.9 Å². The lowest BCUT2D eigenvalue weighted by Crippen LogP contribution is -2.60. The molecule has 14 heteroatoms. The van der Waals surface area contributed by atoms with Crippen molar-refractivity contribution in [3.05, 3.63) is 99.9 Å². The number of allylic oxidation sites excluding steroid dienone is 2. The van der Waals surface area contributed by atoms with Gasteiger partial charge in [0, 0.05) is 18.1 Å². The van der Waals surface area contributed by atoms with Crippen molar-refractivity contribution < 1.29 is 38.3 Å². The van der Waals surface area contributed by atoms with Crippen molar-refractivity contribution in [3.63, 3.8) is 0 Å². The van der Waals surface area contributed by atoms with Crippen LogP contribution in [0.1, 0.15) is 24.3 Å². The van der Waals surface area contributed by atoms with E-state index in [0.29, 0.717) is 11.1 Å². The van der Waals surface area contributed by atoms with E-state index in [1.165, 1.54) is 61.7 Å². The predicted molar refractivity (Wildman–Crippen MR) is 167 cm³/mol. The first-order valence-electron chi connectivity index (χ1n) is 14.5. The molecule has 3 aromatic carbocycles. The molecule has 3 fully saturated rings. The van der Waals surface area contributed by atoms with Crippen molar-refractivity contribution in [1.29, 1.82) is 0 Å². The summed E-state index contributed by atoms with van der Waals surface area (Å²) in [6.07, 6.45) is 1.56. The maximum absolute atomic E-state index is 14.4. The van der Waals surface area contributed by atoms with Crippen LogP contribution >= 0.6 is 23.2 Å². The summed E-state index contributed by atoms with van der Waals surface area (Å²) in [6, 6.07) is 14.0. The Balaban J connectivity index is 1.38. The number of hydrogen-bond donors (Lipinski definition) is 1. The summed E-state index contributed by atoms with van der Waals surface area (Å²) < 4.78 is 19.2. The number of rotatable bonds is 5. The van der Waals surface area contributed by atoms with Crippen LogP contribution in [0, 0.1) is 33.7 Å². The molecular formula is C33H24Cl2FN3O8. The first-order chi connectivity index (χ1) is 22.3. The summed E-state index contributed by atoms with van der Waals surface area (Å²) in [7, 11) is 1.34. The number of aromatic hydroxyl groups is 1. The number of non-ortho nitro benzene ring substituents is 1. The molecule has 2 aliphatic carbocycles. The van der Waals surface area contributed by atoms with Gasteiger partial charge >= 0.3 is 0 Å². The summed E-state index contributed by atoms with van der Waals surface area (Å²) in [4.78, 5) is 64.7. The first-order valence-corrected chi connectivity index (χ1v) is 15.3. The monoisotopic (exact) mass is 679 g/mol. The average Bonchev–Trinajstić information content (AvgIpc) is 3.39. The van der Waals surface area contributed by atoms with Crippen molar-refractivity contribution in [3.8, 4) is 11.5 Å². The van der Waals surface area contributed by atoms with Crippen molar-refractivity contribution in [2.75, 3.05) is 16.9 Å².